The summed E-state index contributed by atoms with van der Waals surface area (Å²) in [4.78, 5) is 14.9. The Kier molecular flexibility index (Phi) is 3.74. The van der Waals surface area contributed by atoms with Gasteiger partial charge in [0.05, 0.1) is 0 Å². The molecule has 0 unspecified atom stereocenters. The molecule has 1 amide bonds. The van der Waals surface area contributed by atoms with Crippen molar-refractivity contribution >= 4 is 5.91 Å². The first-order valence-electron chi connectivity index (χ1n) is 6.47. The number of rotatable bonds is 3. The van der Waals surface area contributed by atoms with Crippen LogP contribution < -0.4 is 5.32 Å². The van der Waals surface area contributed by atoms with Gasteiger partial charge in [-0.1, -0.05) is 32.9 Å². The zero-order valence-corrected chi connectivity index (χ0v) is 11.7. The van der Waals surface area contributed by atoms with E-state index in [9.17, 15) is 4.79 Å². The van der Waals surface area contributed by atoms with Crippen LogP contribution in [0.1, 0.15) is 42.3 Å². The third-order valence-corrected chi connectivity index (χ3v) is 3.13. The van der Waals surface area contributed by atoms with E-state index in [4.69, 9.17) is 0 Å². The molecule has 0 aliphatic heterocycles. The minimum atomic E-state index is -0.0401. The number of benzene rings is 1. The Labute approximate surface area is 114 Å². The van der Waals surface area contributed by atoms with E-state index in [1.165, 1.54) is 5.56 Å². The van der Waals surface area contributed by atoms with Gasteiger partial charge in [0.2, 0.25) is 0 Å². The largest absolute Gasteiger partial charge is 0.367 e. The highest BCUT2D eigenvalue weighted by Gasteiger charge is 2.14. The maximum atomic E-state index is 12.0. The highest BCUT2D eigenvalue weighted by Crippen LogP contribution is 2.22. The fourth-order valence-electron chi connectivity index (χ4n) is 1.87. The maximum absolute atomic E-state index is 12.0. The minimum Gasteiger partial charge on any atom is -0.367 e. The first kappa shape index (κ1) is 13.4. The van der Waals surface area contributed by atoms with Crippen molar-refractivity contribution in [2.75, 3.05) is 0 Å². The smallest absolute Gasteiger partial charge is 0.251 e. The summed E-state index contributed by atoms with van der Waals surface area (Å²) < 4.78 is 0. The number of H-pyrrole nitrogens is 1. The molecule has 0 radical (unpaired) electrons. The molecule has 0 fully saturated rings. The molecule has 1 heterocycles. The van der Waals surface area contributed by atoms with Gasteiger partial charge >= 0.3 is 0 Å². The van der Waals surface area contributed by atoms with Crippen LogP contribution in [0.15, 0.2) is 42.7 Å². The lowest BCUT2D eigenvalue weighted by Gasteiger charge is -2.19. The average molecular weight is 256 g/mol. The van der Waals surface area contributed by atoms with Crippen molar-refractivity contribution in [2.24, 2.45) is 0 Å². The Hall–Kier alpha value is -2.03. The fourth-order valence-corrected chi connectivity index (χ4v) is 1.87. The summed E-state index contributed by atoms with van der Waals surface area (Å²) in [6.07, 6.45) is 3.72. The monoisotopic (exact) mass is 256 g/mol. The van der Waals surface area contributed by atoms with Crippen molar-refractivity contribution in [2.45, 2.75) is 32.7 Å². The molecule has 2 aromatic rings. The van der Waals surface area contributed by atoms with Gasteiger partial charge in [0.25, 0.3) is 5.91 Å². The van der Waals surface area contributed by atoms with Crippen molar-refractivity contribution in [3.05, 3.63) is 59.4 Å². The standard InChI is InChI=1S/C16H20N2O/c1-16(2,3)14-6-4-13(5-7-14)15(19)18-11-12-8-9-17-10-12/h4-10,17H,11H2,1-3H3,(H,18,19). The van der Waals surface area contributed by atoms with Crippen LogP contribution in [0.4, 0.5) is 0 Å². The normalized spacial score (nSPS) is 11.3. The Morgan fingerprint density at radius 1 is 1.16 bits per heavy atom. The second kappa shape index (κ2) is 5.31. The Morgan fingerprint density at radius 3 is 2.37 bits per heavy atom. The van der Waals surface area contributed by atoms with Crippen molar-refractivity contribution in [1.29, 1.82) is 0 Å². The highest BCUT2D eigenvalue weighted by atomic mass is 16.1. The molecule has 0 atom stereocenters. The van der Waals surface area contributed by atoms with E-state index in [1.807, 2.05) is 42.7 Å². The molecule has 0 bridgehead atoms. The molecule has 2 N–H and O–H groups in total. The highest BCUT2D eigenvalue weighted by molar-refractivity contribution is 5.94. The lowest BCUT2D eigenvalue weighted by molar-refractivity contribution is 0.0951. The molecule has 0 saturated carbocycles. The Morgan fingerprint density at radius 2 is 1.84 bits per heavy atom. The summed E-state index contributed by atoms with van der Waals surface area (Å²) >= 11 is 0. The van der Waals surface area contributed by atoms with Gasteiger partial charge in [-0.15, -0.1) is 0 Å². The zero-order valence-electron chi connectivity index (χ0n) is 11.7. The number of carbonyl (C=O) groups excluding carboxylic acids is 1. The van der Waals surface area contributed by atoms with E-state index in [-0.39, 0.29) is 11.3 Å². The van der Waals surface area contributed by atoms with E-state index < -0.39 is 0 Å². The van der Waals surface area contributed by atoms with E-state index in [1.54, 1.807) is 0 Å². The average Bonchev–Trinajstić information content (AvgIpc) is 2.88. The summed E-state index contributed by atoms with van der Waals surface area (Å²) in [5.74, 6) is -0.0401. The molecular weight excluding hydrogens is 236 g/mol. The topological polar surface area (TPSA) is 44.9 Å². The number of hydrogen-bond acceptors (Lipinski definition) is 1. The molecule has 1 aromatic heterocycles. The van der Waals surface area contributed by atoms with Crippen LogP contribution in [0, 0.1) is 0 Å². The first-order valence-corrected chi connectivity index (χ1v) is 6.47. The number of amides is 1. The van der Waals surface area contributed by atoms with E-state index in [0.717, 1.165) is 5.56 Å². The minimum absolute atomic E-state index is 0.0401. The maximum Gasteiger partial charge on any atom is 0.251 e. The zero-order chi connectivity index (χ0) is 13.9. The Bertz CT molecular complexity index is 533. The first-order chi connectivity index (χ1) is 8.97. The van der Waals surface area contributed by atoms with Gasteiger partial charge in [-0.3, -0.25) is 4.79 Å². The molecule has 0 aliphatic rings. The molecule has 0 spiro atoms. The van der Waals surface area contributed by atoms with Crippen molar-refractivity contribution < 1.29 is 4.79 Å². The van der Waals surface area contributed by atoms with E-state index in [2.05, 4.69) is 31.1 Å². The number of aromatic nitrogens is 1. The van der Waals surface area contributed by atoms with Crippen LogP contribution in [0.25, 0.3) is 0 Å². The summed E-state index contributed by atoms with van der Waals surface area (Å²) in [6.45, 7) is 7.03. The molecule has 19 heavy (non-hydrogen) atoms. The molecule has 0 saturated heterocycles. The number of nitrogens with one attached hydrogen (secondary N) is 2. The summed E-state index contributed by atoms with van der Waals surface area (Å²) in [5.41, 5.74) is 3.11. The number of carbonyl (C=O) groups is 1. The van der Waals surface area contributed by atoms with Gasteiger partial charge in [0.1, 0.15) is 0 Å². The van der Waals surface area contributed by atoms with Gasteiger partial charge < -0.3 is 10.3 Å². The van der Waals surface area contributed by atoms with Gasteiger partial charge in [-0.05, 0) is 34.7 Å². The number of aromatic amines is 1. The molecule has 3 heteroatoms. The van der Waals surface area contributed by atoms with Crippen LogP contribution in [0.2, 0.25) is 0 Å². The second-order valence-corrected chi connectivity index (χ2v) is 5.73. The van der Waals surface area contributed by atoms with E-state index in [0.29, 0.717) is 12.1 Å². The molecule has 3 nitrogen and oxygen atoms in total. The van der Waals surface area contributed by atoms with Gasteiger partial charge in [0.15, 0.2) is 0 Å². The van der Waals surface area contributed by atoms with Crippen LogP contribution in [-0.2, 0) is 12.0 Å². The van der Waals surface area contributed by atoms with Crippen LogP contribution in [0.3, 0.4) is 0 Å². The van der Waals surface area contributed by atoms with Crippen LogP contribution in [-0.4, -0.2) is 10.9 Å². The van der Waals surface area contributed by atoms with Gasteiger partial charge in [0, 0.05) is 24.5 Å². The lowest BCUT2D eigenvalue weighted by atomic mass is 9.87. The predicted molar refractivity (Wildman–Crippen MR) is 77.1 cm³/mol. The van der Waals surface area contributed by atoms with Gasteiger partial charge in [-0.2, -0.15) is 0 Å². The second-order valence-electron chi connectivity index (χ2n) is 5.73. The van der Waals surface area contributed by atoms with Crippen LogP contribution in [0.5, 0.6) is 0 Å². The molecule has 0 aliphatic carbocycles. The SMILES string of the molecule is CC(C)(C)c1ccc(C(=O)NCc2cc[nH]c2)cc1. The predicted octanol–water partition coefficient (Wildman–Crippen LogP) is 3.24. The third-order valence-electron chi connectivity index (χ3n) is 3.13. The quantitative estimate of drug-likeness (QED) is 0.870. The molecule has 2 rings (SSSR count). The van der Waals surface area contributed by atoms with Crippen LogP contribution >= 0.6 is 0 Å². The van der Waals surface area contributed by atoms with Crippen molar-refractivity contribution in [1.82, 2.24) is 10.3 Å². The Balaban J connectivity index is 2.00. The molecular formula is C16H20N2O. The van der Waals surface area contributed by atoms with E-state index >= 15 is 0 Å². The summed E-state index contributed by atoms with van der Waals surface area (Å²) in [6, 6.07) is 9.75. The molecule has 100 valence electrons. The van der Waals surface area contributed by atoms with Crippen molar-refractivity contribution in [3.63, 3.8) is 0 Å². The number of hydrogen-bond donors (Lipinski definition) is 2. The third kappa shape index (κ3) is 3.47. The summed E-state index contributed by atoms with van der Waals surface area (Å²) in [7, 11) is 0. The summed E-state index contributed by atoms with van der Waals surface area (Å²) in [5, 5.41) is 2.90. The van der Waals surface area contributed by atoms with Crippen molar-refractivity contribution in [3.8, 4) is 0 Å². The molecule has 1 aromatic carbocycles. The lowest BCUT2D eigenvalue weighted by Crippen LogP contribution is -2.22. The van der Waals surface area contributed by atoms with Gasteiger partial charge in [-0.25, -0.2) is 0 Å². The fraction of sp³-hybridized carbons (Fsp3) is 0.312.